The number of rotatable bonds is 5. The minimum atomic E-state index is -1.29. The van der Waals surface area contributed by atoms with Crippen LogP contribution >= 0.6 is 11.6 Å². The van der Waals surface area contributed by atoms with Crippen LogP contribution in [0.15, 0.2) is 36.4 Å². The number of carbonyl (C=O) groups excluding carboxylic acids is 1. The molecular formula is C18H18ClNO5. The van der Waals surface area contributed by atoms with Gasteiger partial charge in [0.25, 0.3) is 5.91 Å². The predicted molar refractivity (Wildman–Crippen MR) is 92.5 cm³/mol. The lowest BCUT2D eigenvalue weighted by molar-refractivity contribution is 0.0524. The van der Waals surface area contributed by atoms with Crippen LogP contribution in [0.25, 0.3) is 0 Å². The smallest absolute Gasteiger partial charge is 0.255 e. The number of hydrogen-bond acceptors (Lipinski definition) is 5. The highest BCUT2D eigenvalue weighted by Gasteiger charge is 2.27. The summed E-state index contributed by atoms with van der Waals surface area (Å²) in [5, 5.41) is 13.9. The van der Waals surface area contributed by atoms with Crippen LogP contribution in [0.3, 0.4) is 0 Å². The Hall–Kier alpha value is -2.44. The number of fused-ring (bicyclic) bond motifs is 1. The summed E-state index contributed by atoms with van der Waals surface area (Å²) in [5.41, 5.74) is -0.380. The lowest BCUT2D eigenvalue weighted by Crippen LogP contribution is -2.38. The molecule has 0 spiro atoms. The van der Waals surface area contributed by atoms with E-state index in [1.54, 1.807) is 37.3 Å². The number of ether oxygens (including phenoxy) is 3. The van der Waals surface area contributed by atoms with E-state index < -0.39 is 5.60 Å². The third kappa shape index (κ3) is 3.65. The second-order valence-electron chi connectivity index (χ2n) is 5.87. The minimum absolute atomic E-state index is 0.00114. The summed E-state index contributed by atoms with van der Waals surface area (Å²) in [7, 11) is 1.47. The highest BCUT2D eigenvalue weighted by molar-refractivity contribution is 6.31. The summed E-state index contributed by atoms with van der Waals surface area (Å²) in [5.74, 6) is 1.22. The van der Waals surface area contributed by atoms with Crippen LogP contribution in [0.2, 0.25) is 5.02 Å². The topological polar surface area (TPSA) is 77.0 Å². The fraction of sp³-hybridized carbons (Fsp3) is 0.278. The third-order valence-corrected chi connectivity index (χ3v) is 4.23. The predicted octanol–water partition coefficient (Wildman–Crippen LogP) is 2.71. The van der Waals surface area contributed by atoms with Gasteiger partial charge >= 0.3 is 0 Å². The molecule has 1 aliphatic rings. The normalized spacial score (nSPS) is 14.7. The van der Waals surface area contributed by atoms with Gasteiger partial charge in [0.05, 0.1) is 19.2 Å². The second kappa shape index (κ2) is 6.82. The Morgan fingerprint density at radius 2 is 2.04 bits per heavy atom. The molecule has 3 rings (SSSR count). The molecule has 0 saturated carbocycles. The third-order valence-electron chi connectivity index (χ3n) is 3.99. The van der Waals surface area contributed by atoms with E-state index >= 15 is 0 Å². The molecule has 132 valence electrons. The van der Waals surface area contributed by atoms with Gasteiger partial charge in [0.2, 0.25) is 6.79 Å². The van der Waals surface area contributed by atoms with Crippen LogP contribution < -0.4 is 19.5 Å². The van der Waals surface area contributed by atoms with Crippen molar-refractivity contribution in [1.29, 1.82) is 0 Å². The number of methoxy groups -OCH3 is 1. The first-order valence-electron chi connectivity index (χ1n) is 7.65. The maximum atomic E-state index is 12.4. The molecule has 7 heteroatoms. The van der Waals surface area contributed by atoms with E-state index in [2.05, 4.69) is 5.32 Å². The van der Waals surface area contributed by atoms with Crippen LogP contribution in [-0.4, -0.2) is 31.5 Å². The standard InChI is InChI=1S/C18H18ClNO5/c1-18(22,11-3-5-15-16(7-11)25-10-24-15)9-20-17(21)13-8-12(19)4-6-14(13)23-2/h3-8,22H,9-10H2,1-2H3,(H,20,21)/t18-/m1/s1. The Labute approximate surface area is 150 Å². The molecule has 0 aromatic heterocycles. The van der Waals surface area contributed by atoms with Crippen molar-refractivity contribution in [2.45, 2.75) is 12.5 Å². The van der Waals surface area contributed by atoms with E-state index in [4.69, 9.17) is 25.8 Å². The van der Waals surface area contributed by atoms with E-state index in [9.17, 15) is 9.90 Å². The van der Waals surface area contributed by atoms with Gasteiger partial charge < -0.3 is 24.6 Å². The lowest BCUT2D eigenvalue weighted by Gasteiger charge is -2.24. The van der Waals surface area contributed by atoms with Crippen molar-refractivity contribution in [3.05, 3.63) is 52.5 Å². The van der Waals surface area contributed by atoms with Crippen LogP contribution in [0, 0.1) is 0 Å². The molecule has 0 bridgehead atoms. The average Bonchev–Trinajstić information content (AvgIpc) is 3.07. The number of benzene rings is 2. The maximum absolute atomic E-state index is 12.4. The van der Waals surface area contributed by atoms with Gasteiger partial charge in [0.15, 0.2) is 11.5 Å². The van der Waals surface area contributed by atoms with Crippen molar-refractivity contribution in [2.75, 3.05) is 20.4 Å². The van der Waals surface area contributed by atoms with Gasteiger partial charge in [-0.2, -0.15) is 0 Å². The number of carbonyl (C=O) groups is 1. The van der Waals surface area contributed by atoms with Crippen molar-refractivity contribution in [3.8, 4) is 17.2 Å². The minimum Gasteiger partial charge on any atom is -0.496 e. The molecule has 0 saturated heterocycles. The highest BCUT2D eigenvalue weighted by atomic mass is 35.5. The van der Waals surface area contributed by atoms with Crippen LogP contribution in [0.1, 0.15) is 22.8 Å². The zero-order chi connectivity index (χ0) is 18.0. The molecule has 0 aliphatic carbocycles. The Morgan fingerprint density at radius 1 is 1.28 bits per heavy atom. The van der Waals surface area contributed by atoms with Gasteiger partial charge in [-0.3, -0.25) is 4.79 Å². The maximum Gasteiger partial charge on any atom is 0.255 e. The molecule has 1 atom stereocenters. The first-order valence-corrected chi connectivity index (χ1v) is 8.03. The van der Waals surface area contributed by atoms with E-state index in [0.29, 0.717) is 33.4 Å². The molecule has 1 aliphatic heterocycles. The van der Waals surface area contributed by atoms with E-state index in [-0.39, 0.29) is 19.2 Å². The van der Waals surface area contributed by atoms with Gasteiger partial charge in [-0.05, 0) is 42.8 Å². The first kappa shape index (κ1) is 17.4. The fourth-order valence-corrected chi connectivity index (χ4v) is 2.71. The zero-order valence-electron chi connectivity index (χ0n) is 13.8. The van der Waals surface area contributed by atoms with Gasteiger partial charge in [-0.25, -0.2) is 0 Å². The molecule has 2 aromatic carbocycles. The molecule has 0 radical (unpaired) electrons. The molecular weight excluding hydrogens is 346 g/mol. The number of amides is 1. The number of hydrogen-bond donors (Lipinski definition) is 2. The average molecular weight is 364 g/mol. The SMILES string of the molecule is COc1ccc(Cl)cc1C(=O)NC[C@@](C)(O)c1ccc2c(c1)OCO2. The van der Waals surface area contributed by atoms with Crippen molar-refractivity contribution in [3.63, 3.8) is 0 Å². The summed E-state index contributed by atoms with van der Waals surface area (Å²) in [6.07, 6.45) is 0. The molecule has 0 fully saturated rings. The summed E-state index contributed by atoms with van der Waals surface area (Å²) in [6.45, 7) is 1.77. The molecule has 1 heterocycles. The Bertz CT molecular complexity index is 806. The van der Waals surface area contributed by atoms with E-state index in [1.807, 2.05) is 0 Å². The van der Waals surface area contributed by atoms with Crippen LogP contribution in [0.5, 0.6) is 17.2 Å². The van der Waals surface area contributed by atoms with Gasteiger partial charge in [-0.1, -0.05) is 17.7 Å². The van der Waals surface area contributed by atoms with Gasteiger partial charge in [-0.15, -0.1) is 0 Å². The van der Waals surface area contributed by atoms with Crippen LogP contribution in [0.4, 0.5) is 0 Å². The summed E-state index contributed by atoms with van der Waals surface area (Å²) >= 11 is 5.95. The summed E-state index contributed by atoms with van der Waals surface area (Å²) in [6, 6.07) is 9.94. The molecule has 0 unspecified atom stereocenters. The zero-order valence-corrected chi connectivity index (χ0v) is 14.6. The molecule has 2 aromatic rings. The van der Waals surface area contributed by atoms with E-state index in [0.717, 1.165) is 0 Å². The van der Waals surface area contributed by atoms with Gasteiger partial charge in [0.1, 0.15) is 11.4 Å². The molecule has 2 N–H and O–H groups in total. The molecule has 1 amide bonds. The lowest BCUT2D eigenvalue weighted by atomic mass is 9.95. The Kier molecular flexibility index (Phi) is 4.74. The highest BCUT2D eigenvalue weighted by Crippen LogP contribution is 2.35. The summed E-state index contributed by atoms with van der Waals surface area (Å²) < 4.78 is 15.8. The molecule has 25 heavy (non-hydrogen) atoms. The first-order chi connectivity index (χ1) is 11.9. The van der Waals surface area contributed by atoms with Crippen molar-refractivity contribution in [2.24, 2.45) is 0 Å². The van der Waals surface area contributed by atoms with Crippen LogP contribution in [-0.2, 0) is 5.60 Å². The second-order valence-corrected chi connectivity index (χ2v) is 6.31. The van der Waals surface area contributed by atoms with Crippen molar-refractivity contribution < 1.29 is 24.1 Å². The number of nitrogens with one attached hydrogen (secondary N) is 1. The van der Waals surface area contributed by atoms with Gasteiger partial charge in [0, 0.05) is 5.02 Å². The quantitative estimate of drug-likeness (QED) is 0.854. The Morgan fingerprint density at radius 3 is 2.80 bits per heavy atom. The number of halogens is 1. The largest absolute Gasteiger partial charge is 0.496 e. The molecule has 6 nitrogen and oxygen atoms in total. The summed E-state index contributed by atoms with van der Waals surface area (Å²) in [4.78, 5) is 12.4. The number of aliphatic hydroxyl groups is 1. The van der Waals surface area contributed by atoms with E-state index in [1.165, 1.54) is 13.2 Å². The monoisotopic (exact) mass is 363 g/mol. The van der Waals surface area contributed by atoms with Crippen molar-refractivity contribution >= 4 is 17.5 Å². The fourth-order valence-electron chi connectivity index (χ4n) is 2.54. The Balaban J connectivity index is 1.74. The van der Waals surface area contributed by atoms with Crippen molar-refractivity contribution in [1.82, 2.24) is 5.32 Å².